The normalized spacial score (nSPS) is 12.3. The third kappa shape index (κ3) is 3.17. The first-order valence-electron chi connectivity index (χ1n) is 6.56. The third-order valence-corrected chi connectivity index (χ3v) is 3.80. The summed E-state index contributed by atoms with van der Waals surface area (Å²) in [5.41, 5.74) is 2.50. The summed E-state index contributed by atoms with van der Waals surface area (Å²) in [4.78, 5) is 4.31. The summed E-state index contributed by atoms with van der Waals surface area (Å²) in [5.74, 6) is 0.207. The van der Waals surface area contributed by atoms with Gasteiger partial charge < -0.3 is 9.84 Å². The number of aryl methyl sites for hydroxylation is 1. The van der Waals surface area contributed by atoms with Crippen molar-refractivity contribution in [3.05, 3.63) is 57.6 Å². The summed E-state index contributed by atoms with van der Waals surface area (Å²) < 4.78 is 19.2. The lowest BCUT2D eigenvalue weighted by atomic mass is 10.0. The van der Waals surface area contributed by atoms with Gasteiger partial charge in [-0.25, -0.2) is 4.39 Å². The van der Waals surface area contributed by atoms with Crippen LogP contribution >= 0.6 is 11.6 Å². The quantitative estimate of drug-likeness (QED) is 0.934. The highest BCUT2D eigenvalue weighted by atomic mass is 35.5. The van der Waals surface area contributed by atoms with E-state index in [1.54, 1.807) is 19.4 Å². The zero-order valence-electron chi connectivity index (χ0n) is 12.2. The fraction of sp³-hybridized carbons (Fsp3) is 0.312. The minimum atomic E-state index is -1.06. The van der Waals surface area contributed by atoms with E-state index in [0.29, 0.717) is 5.69 Å². The maximum atomic E-state index is 13.8. The van der Waals surface area contributed by atoms with Crippen LogP contribution in [0.25, 0.3) is 0 Å². The standard InChI is InChI=1S/C16H17ClFNO2/c1-9-8-19-13(10(2)16(9)21-3)7-14(20)15-11(17)5-4-6-12(15)18/h4-6,8,14,20H,7H2,1-3H3. The summed E-state index contributed by atoms with van der Waals surface area (Å²) in [5, 5.41) is 10.5. The number of benzene rings is 1. The van der Waals surface area contributed by atoms with E-state index in [4.69, 9.17) is 16.3 Å². The molecule has 1 N–H and O–H groups in total. The van der Waals surface area contributed by atoms with Crippen LogP contribution in [0.4, 0.5) is 4.39 Å². The lowest BCUT2D eigenvalue weighted by molar-refractivity contribution is 0.172. The van der Waals surface area contributed by atoms with Gasteiger partial charge in [-0.2, -0.15) is 0 Å². The SMILES string of the molecule is COc1c(C)cnc(CC(O)c2c(F)cccc2Cl)c1C. The van der Waals surface area contributed by atoms with E-state index in [-0.39, 0.29) is 17.0 Å². The Bertz CT molecular complexity index is 641. The first kappa shape index (κ1) is 15.7. The van der Waals surface area contributed by atoms with Crippen LogP contribution in [0.15, 0.2) is 24.4 Å². The van der Waals surface area contributed by atoms with Crippen molar-refractivity contribution in [2.45, 2.75) is 26.4 Å². The summed E-state index contributed by atoms with van der Waals surface area (Å²) in [6.07, 6.45) is 0.789. The fourth-order valence-electron chi connectivity index (χ4n) is 2.39. The molecule has 112 valence electrons. The molecule has 1 unspecified atom stereocenters. The van der Waals surface area contributed by atoms with Crippen LogP contribution in [-0.2, 0) is 6.42 Å². The topological polar surface area (TPSA) is 42.4 Å². The van der Waals surface area contributed by atoms with Crippen LogP contribution in [-0.4, -0.2) is 17.2 Å². The van der Waals surface area contributed by atoms with Gasteiger partial charge in [0.1, 0.15) is 11.6 Å². The summed E-state index contributed by atoms with van der Waals surface area (Å²) >= 11 is 5.97. The van der Waals surface area contributed by atoms with E-state index in [1.165, 1.54) is 12.1 Å². The van der Waals surface area contributed by atoms with Crippen LogP contribution in [0.1, 0.15) is 28.5 Å². The molecular formula is C16H17ClFNO2. The van der Waals surface area contributed by atoms with E-state index >= 15 is 0 Å². The van der Waals surface area contributed by atoms with E-state index in [2.05, 4.69) is 4.98 Å². The van der Waals surface area contributed by atoms with Gasteiger partial charge in [0.2, 0.25) is 0 Å². The van der Waals surface area contributed by atoms with Gasteiger partial charge >= 0.3 is 0 Å². The van der Waals surface area contributed by atoms with Gasteiger partial charge in [-0.1, -0.05) is 17.7 Å². The number of hydrogen-bond donors (Lipinski definition) is 1. The maximum absolute atomic E-state index is 13.8. The van der Waals surface area contributed by atoms with Gasteiger partial charge in [0.25, 0.3) is 0 Å². The van der Waals surface area contributed by atoms with Crippen molar-refractivity contribution in [3.63, 3.8) is 0 Å². The Kier molecular flexibility index (Phi) is 4.80. The van der Waals surface area contributed by atoms with Gasteiger partial charge in [0.05, 0.1) is 13.2 Å². The number of aromatic nitrogens is 1. The summed E-state index contributed by atoms with van der Waals surface area (Å²) in [6, 6.07) is 4.34. The molecule has 0 spiro atoms. The number of rotatable bonds is 4. The molecule has 5 heteroatoms. The number of halogens is 2. The Balaban J connectivity index is 2.34. The maximum Gasteiger partial charge on any atom is 0.130 e. The zero-order chi connectivity index (χ0) is 15.6. The van der Waals surface area contributed by atoms with Gasteiger partial charge in [0, 0.05) is 40.0 Å². The number of aliphatic hydroxyl groups is 1. The van der Waals surface area contributed by atoms with Crippen LogP contribution < -0.4 is 4.74 Å². The molecule has 1 aromatic heterocycles. The molecule has 0 aliphatic rings. The molecule has 1 atom stereocenters. The number of hydrogen-bond acceptors (Lipinski definition) is 3. The smallest absolute Gasteiger partial charge is 0.130 e. The fourth-order valence-corrected chi connectivity index (χ4v) is 2.68. The second-order valence-corrected chi connectivity index (χ2v) is 5.31. The Morgan fingerprint density at radius 2 is 2.10 bits per heavy atom. The molecule has 0 amide bonds. The Morgan fingerprint density at radius 1 is 1.38 bits per heavy atom. The van der Waals surface area contributed by atoms with Crippen LogP contribution in [0, 0.1) is 19.7 Å². The van der Waals surface area contributed by atoms with Crippen molar-refractivity contribution in [2.24, 2.45) is 0 Å². The van der Waals surface area contributed by atoms with Gasteiger partial charge in [-0.05, 0) is 26.0 Å². The first-order valence-corrected chi connectivity index (χ1v) is 6.94. The summed E-state index contributed by atoms with van der Waals surface area (Å²) in [6.45, 7) is 3.76. The van der Waals surface area contributed by atoms with Crippen LogP contribution in [0.3, 0.4) is 0 Å². The second-order valence-electron chi connectivity index (χ2n) is 4.90. The largest absolute Gasteiger partial charge is 0.496 e. The molecule has 0 aliphatic heterocycles. The number of pyridine rings is 1. The number of methoxy groups -OCH3 is 1. The highest BCUT2D eigenvalue weighted by molar-refractivity contribution is 6.31. The van der Waals surface area contributed by atoms with E-state index in [9.17, 15) is 9.50 Å². The van der Waals surface area contributed by atoms with Crippen LogP contribution in [0.5, 0.6) is 5.75 Å². The minimum Gasteiger partial charge on any atom is -0.496 e. The Hall–Kier alpha value is -1.65. The molecular weight excluding hydrogens is 293 g/mol. The van der Waals surface area contributed by atoms with Gasteiger partial charge in [-0.3, -0.25) is 4.98 Å². The van der Waals surface area contributed by atoms with Crippen molar-refractivity contribution >= 4 is 11.6 Å². The monoisotopic (exact) mass is 309 g/mol. The molecule has 0 fully saturated rings. The minimum absolute atomic E-state index is 0.0971. The Labute approximate surface area is 128 Å². The van der Waals surface area contributed by atoms with Crippen molar-refractivity contribution < 1.29 is 14.2 Å². The van der Waals surface area contributed by atoms with E-state index in [1.807, 2.05) is 13.8 Å². The first-order chi connectivity index (χ1) is 9.95. The molecule has 2 aromatic rings. The second kappa shape index (κ2) is 6.41. The molecule has 0 radical (unpaired) electrons. The highest BCUT2D eigenvalue weighted by Crippen LogP contribution is 2.31. The molecule has 0 saturated carbocycles. The van der Waals surface area contributed by atoms with E-state index < -0.39 is 11.9 Å². The molecule has 21 heavy (non-hydrogen) atoms. The van der Waals surface area contributed by atoms with Crippen molar-refractivity contribution in [2.75, 3.05) is 7.11 Å². The number of nitrogens with zero attached hydrogens (tertiary/aromatic N) is 1. The lowest BCUT2D eigenvalue weighted by Crippen LogP contribution is -2.09. The average Bonchev–Trinajstić information content (AvgIpc) is 2.42. The average molecular weight is 310 g/mol. The molecule has 3 nitrogen and oxygen atoms in total. The number of aliphatic hydroxyl groups excluding tert-OH is 1. The third-order valence-electron chi connectivity index (χ3n) is 3.47. The zero-order valence-corrected chi connectivity index (χ0v) is 12.9. The van der Waals surface area contributed by atoms with Crippen molar-refractivity contribution in [1.82, 2.24) is 4.98 Å². The summed E-state index contributed by atoms with van der Waals surface area (Å²) in [7, 11) is 1.59. The molecule has 1 heterocycles. The van der Waals surface area contributed by atoms with Crippen molar-refractivity contribution in [1.29, 1.82) is 0 Å². The van der Waals surface area contributed by atoms with E-state index in [0.717, 1.165) is 16.9 Å². The van der Waals surface area contributed by atoms with Gasteiger partial charge in [-0.15, -0.1) is 0 Å². The predicted octanol–water partition coefficient (Wildman–Crippen LogP) is 3.78. The molecule has 1 aromatic carbocycles. The predicted molar refractivity (Wildman–Crippen MR) is 80.3 cm³/mol. The molecule has 0 bridgehead atoms. The van der Waals surface area contributed by atoms with Gasteiger partial charge in [0.15, 0.2) is 0 Å². The Morgan fingerprint density at radius 3 is 2.71 bits per heavy atom. The highest BCUT2D eigenvalue weighted by Gasteiger charge is 2.20. The van der Waals surface area contributed by atoms with Crippen LogP contribution in [0.2, 0.25) is 5.02 Å². The molecule has 2 rings (SSSR count). The molecule has 0 aliphatic carbocycles. The molecule has 0 saturated heterocycles. The lowest BCUT2D eigenvalue weighted by Gasteiger charge is -2.16. The number of ether oxygens (including phenoxy) is 1. The van der Waals surface area contributed by atoms with Crippen molar-refractivity contribution in [3.8, 4) is 5.75 Å².